The highest BCUT2D eigenvalue weighted by Gasteiger charge is 2.45. The molecule has 1 aromatic carbocycles. The van der Waals surface area contributed by atoms with Crippen LogP contribution in [0, 0.1) is 5.82 Å². The quantitative estimate of drug-likeness (QED) is 0.612. The number of hydrogen-bond donors (Lipinski definition) is 1. The molecule has 1 aliphatic rings. The van der Waals surface area contributed by atoms with E-state index in [1.165, 1.54) is 25.3 Å². The number of amides is 1. The van der Waals surface area contributed by atoms with E-state index >= 15 is 0 Å². The Morgan fingerprint density at radius 1 is 1.22 bits per heavy atom. The first-order valence-corrected chi connectivity index (χ1v) is 9.19. The zero-order valence-corrected chi connectivity index (χ0v) is 15.6. The van der Waals surface area contributed by atoms with E-state index in [2.05, 4.69) is 10.3 Å². The van der Waals surface area contributed by atoms with Gasteiger partial charge in [0.05, 0.1) is 11.1 Å². The standard InChI is InChI=1S/C20H20ClFN2O3/c1-13(18(25)24-16-5-4-12-23-17(16)21)27-19(26)20(10-2-3-11-20)14-6-8-15(22)9-7-14/h4-9,12-13H,2-3,10-11H2,1H3,(H,24,25)/t13-/m0/s1. The highest BCUT2D eigenvalue weighted by atomic mass is 35.5. The molecule has 0 radical (unpaired) electrons. The molecule has 1 amide bonds. The Morgan fingerprint density at radius 2 is 1.89 bits per heavy atom. The van der Waals surface area contributed by atoms with E-state index in [4.69, 9.17) is 16.3 Å². The number of benzene rings is 1. The highest BCUT2D eigenvalue weighted by Crippen LogP contribution is 2.42. The Labute approximate surface area is 161 Å². The fourth-order valence-electron chi connectivity index (χ4n) is 3.40. The molecule has 3 rings (SSSR count). The summed E-state index contributed by atoms with van der Waals surface area (Å²) in [6, 6.07) is 9.15. The molecule has 0 aliphatic heterocycles. The number of nitrogens with zero attached hydrogens (tertiary/aromatic N) is 1. The van der Waals surface area contributed by atoms with Gasteiger partial charge in [0.15, 0.2) is 11.3 Å². The summed E-state index contributed by atoms with van der Waals surface area (Å²) < 4.78 is 18.8. The number of rotatable bonds is 5. The van der Waals surface area contributed by atoms with Gasteiger partial charge < -0.3 is 10.1 Å². The first kappa shape index (κ1) is 19.3. The number of aromatic nitrogens is 1. The molecule has 7 heteroatoms. The molecular formula is C20H20ClFN2O3. The zero-order chi connectivity index (χ0) is 19.4. The Bertz CT molecular complexity index is 835. The first-order chi connectivity index (χ1) is 12.9. The first-order valence-electron chi connectivity index (χ1n) is 8.81. The Kier molecular flexibility index (Phi) is 5.75. The third-order valence-corrected chi connectivity index (χ3v) is 5.22. The van der Waals surface area contributed by atoms with Crippen LogP contribution in [-0.2, 0) is 19.7 Å². The van der Waals surface area contributed by atoms with E-state index in [9.17, 15) is 14.0 Å². The molecule has 0 bridgehead atoms. The van der Waals surface area contributed by atoms with Gasteiger partial charge in [0.25, 0.3) is 5.91 Å². The maximum Gasteiger partial charge on any atom is 0.317 e. The van der Waals surface area contributed by atoms with E-state index in [-0.39, 0.29) is 11.0 Å². The number of ether oxygens (including phenoxy) is 1. The normalized spacial score (nSPS) is 16.6. The van der Waals surface area contributed by atoms with Crippen molar-refractivity contribution in [3.05, 3.63) is 59.1 Å². The van der Waals surface area contributed by atoms with Crippen LogP contribution in [0.3, 0.4) is 0 Å². The number of halogens is 2. The van der Waals surface area contributed by atoms with Crippen LogP contribution in [0.2, 0.25) is 5.15 Å². The minimum Gasteiger partial charge on any atom is -0.452 e. The fourth-order valence-corrected chi connectivity index (χ4v) is 3.57. The van der Waals surface area contributed by atoms with Crippen LogP contribution in [0.1, 0.15) is 38.2 Å². The summed E-state index contributed by atoms with van der Waals surface area (Å²) in [6.45, 7) is 1.50. The molecule has 0 unspecified atom stereocenters. The van der Waals surface area contributed by atoms with Crippen molar-refractivity contribution in [1.82, 2.24) is 4.98 Å². The van der Waals surface area contributed by atoms with E-state index in [1.807, 2.05) is 0 Å². The highest BCUT2D eigenvalue weighted by molar-refractivity contribution is 6.32. The minimum atomic E-state index is -1.01. The lowest BCUT2D eigenvalue weighted by atomic mass is 9.79. The monoisotopic (exact) mass is 390 g/mol. The van der Waals surface area contributed by atoms with Crippen LogP contribution in [0.4, 0.5) is 10.1 Å². The summed E-state index contributed by atoms with van der Waals surface area (Å²) in [7, 11) is 0. The molecular weight excluding hydrogens is 371 g/mol. The molecule has 1 fully saturated rings. The minimum absolute atomic E-state index is 0.156. The van der Waals surface area contributed by atoms with E-state index in [0.717, 1.165) is 12.8 Å². The number of carbonyl (C=O) groups excluding carboxylic acids is 2. The summed E-state index contributed by atoms with van der Waals surface area (Å²) in [5, 5.41) is 2.76. The zero-order valence-electron chi connectivity index (χ0n) is 14.9. The van der Waals surface area contributed by atoms with Gasteiger partial charge in [-0.1, -0.05) is 36.6 Å². The second-order valence-electron chi connectivity index (χ2n) is 6.67. The predicted molar refractivity (Wildman–Crippen MR) is 100.0 cm³/mol. The lowest BCUT2D eigenvalue weighted by Gasteiger charge is -2.28. The van der Waals surface area contributed by atoms with Gasteiger partial charge in [0, 0.05) is 6.20 Å². The van der Waals surface area contributed by atoms with E-state index in [1.54, 1.807) is 24.3 Å². The van der Waals surface area contributed by atoms with Crippen LogP contribution in [-0.4, -0.2) is 23.0 Å². The Balaban J connectivity index is 1.73. The summed E-state index contributed by atoms with van der Waals surface area (Å²) in [5.74, 6) is -1.32. The van der Waals surface area contributed by atoms with Crippen LogP contribution in [0.15, 0.2) is 42.6 Å². The van der Waals surface area contributed by atoms with Gasteiger partial charge in [-0.05, 0) is 49.6 Å². The van der Waals surface area contributed by atoms with Gasteiger partial charge >= 0.3 is 5.97 Å². The van der Waals surface area contributed by atoms with Crippen molar-refractivity contribution >= 4 is 29.2 Å². The maximum atomic E-state index is 13.3. The van der Waals surface area contributed by atoms with Crippen molar-refractivity contribution in [2.45, 2.75) is 44.1 Å². The predicted octanol–water partition coefficient (Wildman–Crippen LogP) is 4.26. The molecule has 1 aliphatic carbocycles. The number of hydrogen-bond acceptors (Lipinski definition) is 4. The summed E-state index contributed by atoms with van der Waals surface area (Å²) in [6.07, 6.45) is 3.47. The molecule has 1 N–H and O–H groups in total. The van der Waals surface area contributed by atoms with E-state index in [0.29, 0.717) is 24.1 Å². The molecule has 0 spiro atoms. The van der Waals surface area contributed by atoms with Crippen molar-refractivity contribution in [2.75, 3.05) is 5.32 Å². The number of anilines is 1. The molecule has 2 aromatic rings. The molecule has 1 atom stereocenters. The SMILES string of the molecule is C[C@H](OC(=O)C1(c2ccc(F)cc2)CCCC1)C(=O)Nc1cccnc1Cl. The van der Waals surface area contributed by atoms with Crippen molar-refractivity contribution in [3.63, 3.8) is 0 Å². The topological polar surface area (TPSA) is 68.3 Å². The van der Waals surface area contributed by atoms with Gasteiger partial charge in [0.2, 0.25) is 0 Å². The fraction of sp³-hybridized carbons (Fsp3) is 0.350. The number of pyridine rings is 1. The van der Waals surface area contributed by atoms with Crippen LogP contribution < -0.4 is 5.32 Å². The van der Waals surface area contributed by atoms with Crippen molar-refractivity contribution in [2.24, 2.45) is 0 Å². The van der Waals surface area contributed by atoms with E-state index < -0.39 is 23.4 Å². The molecule has 142 valence electrons. The van der Waals surface area contributed by atoms with Crippen molar-refractivity contribution in [3.8, 4) is 0 Å². The summed E-state index contributed by atoms with van der Waals surface area (Å²) >= 11 is 5.93. The lowest BCUT2D eigenvalue weighted by Crippen LogP contribution is -2.39. The Hall–Kier alpha value is -2.47. The van der Waals surface area contributed by atoms with Gasteiger partial charge in [-0.25, -0.2) is 9.37 Å². The third kappa shape index (κ3) is 4.11. The van der Waals surface area contributed by atoms with Gasteiger partial charge in [-0.2, -0.15) is 0 Å². The summed E-state index contributed by atoms with van der Waals surface area (Å²) in [5.41, 5.74) is 0.226. The Morgan fingerprint density at radius 3 is 2.52 bits per heavy atom. The molecule has 5 nitrogen and oxygen atoms in total. The average molecular weight is 391 g/mol. The second kappa shape index (κ2) is 8.05. The maximum absolute atomic E-state index is 13.3. The molecule has 1 heterocycles. The number of esters is 1. The van der Waals surface area contributed by atoms with Crippen molar-refractivity contribution in [1.29, 1.82) is 0 Å². The third-order valence-electron chi connectivity index (χ3n) is 4.91. The number of nitrogens with one attached hydrogen (secondary N) is 1. The molecule has 1 aromatic heterocycles. The molecule has 0 saturated heterocycles. The van der Waals surface area contributed by atoms with Crippen molar-refractivity contribution < 1.29 is 18.7 Å². The van der Waals surface area contributed by atoms with Crippen LogP contribution in [0.25, 0.3) is 0 Å². The van der Waals surface area contributed by atoms with Gasteiger partial charge in [-0.3, -0.25) is 9.59 Å². The number of carbonyl (C=O) groups is 2. The van der Waals surface area contributed by atoms with Crippen LogP contribution >= 0.6 is 11.6 Å². The lowest BCUT2D eigenvalue weighted by molar-refractivity contribution is -0.159. The molecule has 27 heavy (non-hydrogen) atoms. The van der Waals surface area contributed by atoms with Gasteiger partial charge in [0.1, 0.15) is 5.82 Å². The second-order valence-corrected chi connectivity index (χ2v) is 7.03. The largest absolute Gasteiger partial charge is 0.452 e. The van der Waals surface area contributed by atoms with Gasteiger partial charge in [-0.15, -0.1) is 0 Å². The summed E-state index contributed by atoms with van der Waals surface area (Å²) in [4.78, 5) is 29.2. The average Bonchev–Trinajstić information content (AvgIpc) is 3.15. The smallest absolute Gasteiger partial charge is 0.317 e. The van der Waals surface area contributed by atoms with Crippen LogP contribution in [0.5, 0.6) is 0 Å². The molecule has 1 saturated carbocycles.